The van der Waals surface area contributed by atoms with Gasteiger partial charge < -0.3 is 5.73 Å². The van der Waals surface area contributed by atoms with E-state index in [-0.39, 0.29) is 23.0 Å². The monoisotopic (exact) mass is 519 g/mol. The predicted octanol–water partition coefficient (Wildman–Crippen LogP) is 6.12. The van der Waals surface area contributed by atoms with E-state index in [4.69, 9.17) is 10.8 Å². The van der Waals surface area contributed by atoms with E-state index in [1.54, 1.807) is 33.8 Å². The summed E-state index contributed by atoms with van der Waals surface area (Å²) in [7, 11) is 0. The highest BCUT2D eigenvalue weighted by atomic mass is 19.1. The number of aromatic nitrogens is 2. The molecule has 1 unspecified atom stereocenters. The van der Waals surface area contributed by atoms with Crippen LogP contribution < -0.4 is 10.6 Å². The van der Waals surface area contributed by atoms with Gasteiger partial charge in [-0.2, -0.15) is 10.4 Å². The van der Waals surface area contributed by atoms with Gasteiger partial charge >= 0.3 is 0 Å². The van der Waals surface area contributed by atoms with Crippen LogP contribution in [0.25, 0.3) is 16.9 Å². The maximum absolute atomic E-state index is 13.8. The van der Waals surface area contributed by atoms with Crippen LogP contribution in [0.2, 0.25) is 0 Å². The number of halogens is 2. The largest absolute Gasteiger partial charge is 0.384 e. The molecule has 1 aliphatic carbocycles. The summed E-state index contributed by atoms with van der Waals surface area (Å²) in [5, 5.41) is 15.2. The van der Waals surface area contributed by atoms with Crippen molar-refractivity contribution in [3.05, 3.63) is 125 Å². The van der Waals surface area contributed by atoms with Gasteiger partial charge in [-0.1, -0.05) is 18.2 Å². The summed E-state index contributed by atoms with van der Waals surface area (Å²) in [4.78, 5) is 15.3. The Balaban J connectivity index is 1.61. The van der Waals surface area contributed by atoms with E-state index < -0.39 is 11.7 Å². The Morgan fingerprint density at radius 1 is 0.897 bits per heavy atom. The van der Waals surface area contributed by atoms with Crippen molar-refractivity contribution >= 4 is 11.5 Å². The highest BCUT2D eigenvalue weighted by Crippen LogP contribution is 2.48. The summed E-state index contributed by atoms with van der Waals surface area (Å²) in [5.41, 5.74) is 11.2. The minimum absolute atomic E-state index is 0.0777. The number of carbonyl (C=O) groups excluding carboxylic acids is 1. The Morgan fingerprint density at radius 3 is 2.23 bits per heavy atom. The SMILES string of the molecule is N#CC1=C(N)N(c2ccc(F)cc2)C2=C(C(=O)CCC2)C1c1cn(-c2ccccc2)nc1-c1ccc(F)cc1. The first-order chi connectivity index (χ1) is 19.0. The van der Waals surface area contributed by atoms with Crippen molar-refractivity contribution in [1.82, 2.24) is 9.78 Å². The van der Waals surface area contributed by atoms with Crippen LogP contribution in [0.15, 0.2) is 108 Å². The van der Waals surface area contributed by atoms with Gasteiger partial charge in [0.1, 0.15) is 17.5 Å². The molecule has 2 aliphatic rings. The molecule has 1 aliphatic heterocycles. The van der Waals surface area contributed by atoms with Gasteiger partial charge in [0.15, 0.2) is 5.78 Å². The highest BCUT2D eigenvalue weighted by molar-refractivity contribution is 6.01. The molecular formula is C31H23F2N5O. The summed E-state index contributed by atoms with van der Waals surface area (Å²) in [5.74, 6) is -1.45. The summed E-state index contributed by atoms with van der Waals surface area (Å²) < 4.78 is 29.2. The Kier molecular flexibility index (Phi) is 6.04. The number of allylic oxidation sites excluding steroid dienone is 3. The lowest BCUT2D eigenvalue weighted by molar-refractivity contribution is -0.116. The number of anilines is 1. The zero-order valence-electron chi connectivity index (χ0n) is 20.8. The Hall–Kier alpha value is -5.03. The van der Waals surface area contributed by atoms with Crippen LogP contribution in [0.1, 0.15) is 30.7 Å². The third-order valence-corrected chi connectivity index (χ3v) is 7.19. The normalized spacial score (nSPS) is 17.3. The second-order valence-corrected chi connectivity index (χ2v) is 9.51. The zero-order chi connectivity index (χ0) is 27.1. The van der Waals surface area contributed by atoms with Crippen LogP contribution in [0, 0.1) is 23.0 Å². The van der Waals surface area contributed by atoms with Crippen LogP contribution in [0.5, 0.6) is 0 Å². The van der Waals surface area contributed by atoms with E-state index in [0.29, 0.717) is 53.0 Å². The van der Waals surface area contributed by atoms with Gasteiger partial charge in [-0.05, 0) is 73.5 Å². The first kappa shape index (κ1) is 24.3. The molecule has 39 heavy (non-hydrogen) atoms. The molecule has 0 bridgehead atoms. The van der Waals surface area contributed by atoms with Crippen LogP contribution in [-0.4, -0.2) is 15.6 Å². The molecule has 0 amide bonds. The van der Waals surface area contributed by atoms with Crippen LogP contribution >= 0.6 is 0 Å². The molecular weight excluding hydrogens is 496 g/mol. The summed E-state index contributed by atoms with van der Waals surface area (Å²) in [6, 6.07) is 23.5. The molecule has 0 radical (unpaired) electrons. The number of carbonyl (C=O) groups is 1. The van der Waals surface area contributed by atoms with E-state index >= 15 is 0 Å². The maximum atomic E-state index is 13.8. The van der Waals surface area contributed by atoms with Crippen molar-refractivity contribution in [3.8, 4) is 23.0 Å². The van der Waals surface area contributed by atoms with Gasteiger partial charge in [-0.25, -0.2) is 13.5 Å². The van der Waals surface area contributed by atoms with Gasteiger partial charge in [0.2, 0.25) is 0 Å². The number of Topliss-reactive ketones (excluding diaryl/α,β-unsaturated/α-hetero) is 1. The Morgan fingerprint density at radius 2 is 1.56 bits per heavy atom. The van der Waals surface area contributed by atoms with Gasteiger partial charge in [0.05, 0.1) is 28.9 Å². The molecule has 6 rings (SSSR count). The average molecular weight is 520 g/mol. The molecule has 6 nitrogen and oxygen atoms in total. The number of nitrogens with two attached hydrogens (primary N) is 1. The second-order valence-electron chi connectivity index (χ2n) is 9.51. The number of hydrogen-bond acceptors (Lipinski definition) is 5. The highest BCUT2D eigenvalue weighted by Gasteiger charge is 2.42. The Bertz CT molecular complexity index is 1680. The van der Waals surface area contributed by atoms with E-state index in [1.807, 2.05) is 36.5 Å². The molecule has 0 fully saturated rings. The van der Waals surface area contributed by atoms with Crippen LogP contribution in [-0.2, 0) is 4.79 Å². The number of hydrogen-bond donors (Lipinski definition) is 1. The molecule has 3 aromatic carbocycles. The molecule has 4 aromatic rings. The molecule has 1 atom stereocenters. The number of ketones is 1. The third-order valence-electron chi connectivity index (χ3n) is 7.19. The fourth-order valence-electron chi connectivity index (χ4n) is 5.43. The third kappa shape index (κ3) is 4.18. The standard InChI is InChI=1S/C31H23F2N5O/c32-20-11-9-19(10-12-20)30-25(18-37(36-30)22-5-2-1-3-6-22)28-24(17-34)31(35)38(23-15-13-21(33)14-16-23)26-7-4-8-27(39)29(26)28/h1-3,5-6,9-16,18,28H,4,7-8,35H2. The van der Waals surface area contributed by atoms with Crippen molar-refractivity contribution in [1.29, 1.82) is 5.26 Å². The second kappa shape index (κ2) is 9.69. The summed E-state index contributed by atoms with van der Waals surface area (Å²) in [6.45, 7) is 0. The maximum Gasteiger partial charge on any atom is 0.161 e. The molecule has 8 heteroatoms. The summed E-state index contributed by atoms with van der Waals surface area (Å²) >= 11 is 0. The van der Waals surface area contributed by atoms with E-state index in [1.165, 1.54) is 24.3 Å². The molecule has 2 heterocycles. The van der Waals surface area contributed by atoms with Gasteiger partial charge in [-0.3, -0.25) is 9.69 Å². The lowest BCUT2D eigenvalue weighted by Gasteiger charge is -2.39. The molecule has 0 saturated carbocycles. The van der Waals surface area contributed by atoms with Crippen molar-refractivity contribution < 1.29 is 13.6 Å². The number of nitrogens with zero attached hydrogens (tertiary/aromatic N) is 4. The van der Waals surface area contributed by atoms with Crippen LogP contribution in [0.3, 0.4) is 0 Å². The minimum atomic E-state index is -0.771. The first-order valence-corrected chi connectivity index (χ1v) is 12.6. The van der Waals surface area contributed by atoms with Crippen molar-refractivity contribution in [2.24, 2.45) is 5.73 Å². The van der Waals surface area contributed by atoms with E-state index in [2.05, 4.69) is 6.07 Å². The molecule has 2 N–H and O–H groups in total. The fourth-order valence-corrected chi connectivity index (χ4v) is 5.43. The minimum Gasteiger partial charge on any atom is -0.384 e. The quantitative estimate of drug-likeness (QED) is 0.351. The molecule has 1 aromatic heterocycles. The van der Waals surface area contributed by atoms with E-state index in [0.717, 1.165) is 5.69 Å². The fraction of sp³-hybridized carbons (Fsp3) is 0.129. The smallest absolute Gasteiger partial charge is 0.161 e. The average Bonchev–Trinajstić information content (AvgIpc) is 3.39. The first-order valence-electron chi connectivity index (χ1n) is 12.6. The predicted molar refractivity (Wildman–Crippen MR) is 143 cm³/mol. The summed E-state index contributed by atoms with van der Waals surface area (Å²) in [6.07, 6.45) is 3.34. The number of nitriles is 1. The number of rotatable bonds is 4. The topological polar surface area (TPSA) is 87.9 Å². The molecule has 0 spiro atoms. The van der Waals surface area contributed by atoms with Gasteiger partial charge in [0, 0.05) is 40.7 Å². The van der Waals surface area contributed by atoms with E-state index in [9.17, 15) is 18.8 Å². The van der Waals surface area contributed by atoms with Crippen molar-refractivity contribution in [2.45, 2.75) is 25.2 Å². The van der Waals surface area contributed by atoms with Gasteiger partial charge in [-0.15, -0.1) is 0 Å². The molecule has 0 saturated heterocycles. The van der Waals surface area contributed by atoms with Crippen molar-refractivity contribution in [2.75, 3.05) is 4.90 Å². The van der Waals surface area contributed by atoms with Gasteiger partial charge in [0.25, 0.3) is 0 Å². The zero-order valence-corrected chi connectivity index (χ0v) is 20.8. The Labute approximate surface area is 223 Å². The molecule has 192 valence electrons. The lowest BCUT2D eigenvalue weighted by Crippen LogP contribution is -2.38. The van der Waals surface area contributed by atoms with Crippen LogP contribution in [0.4, 0.5) is 14.5 Å². The lowest BCUT2D eigenvalue weighted by atomic mass is 9.75. The van der Waals surface area contributed by atoms with Crippen molar-refractivity contribution in [3.63, 3.8) is 0 Å². The number of para-hydroxylation sites is 1. The number of benzene rings is 3.